The fraction of sp³-hybridized carbons (Fsp3) is 0.412. The summed E-state index contributed by atoms with van der Waals surface area (Å²) in [6, 6.07) is 8.33. The summed E-state index contributed by atoms with van der Waals surface area (Å²) in [5.74, 6) is 0.563. The van der Waals surface area contributed by atoms with E-state index in [0.717, 1.165) is 36.0 Å². The molecule has 1 atom stereocenters. The maximum atomic E-state index is 11.1. The molecule has 1 aliphatic rings. The van der Waals surface area contributed by atoms with Crippen LogP contribution in [-0.2, 0) is 4.79 Å². The largest absolute Gasteiger partial charge is 0.371 e. The van der Waals surface area contributed by atoms with E-state index in [0.29, 0.717) is 5.92 Å². The van der Waals surface area contributed by atoms with E-state index in [2.05, 4.69) is 55.4 Å². The highest BCUT2D eigenvalue weighted by Gasteiger charge is 2.21. The maximum absolute atomic E-state index is 11.1. The van der Waals surface area contributed by atoms with Crippen LogP contribution in [0.3, 0.4) is 0 Å². The van der Waals surface area contributed by atoms with Gasteiger partial charge < -0.3 is 10.2 Å². The normalized spacial score (nSPS) is 18.5. The standard InChI is InChI=1S/C17H20BrN3O/c1-12(22)20-10-13-3-2-8-21(11-13)17-6-7-19-16-9-14(18)4-5-15(16)17/h4-7,9,13H,2-3,8,10-11H2,1H3,(H,20,22)/t13-/m1/s1. The second-order valence-electron chi connectivity index (χ2n) is 5.88. The number of piperidine rings is 1. The van der Waals surface area contributed by atoms with Gasteiger partial charge in [0.2, 0.25) is 5.91 Å². The number of anilines is 1. The van der Waals surface area contributed by atoms with E-state index < -0.39 is 0 Å². The molecule has 1 N–H and O–H groups in total. The lowest BCUT2D eigenvalue weighted by atomic mass is 9.97. The Kier molecular flexibility index (Phi) is 4.62. The molecule has 0 spiro atoms. The van der Waals surface area contributed by atoms with Gasteiger partial charge in [-0.2, -0.15) is 0 Å². The van der Waals surface area contributed by atoms with Gasteiger partial charge in [0.15, 0.2) is 0 Å². The van der Waals surface area contributed by atoms with Crippen LogP contribution in [0.4, 0.5) is 5.69 Å². The minimum absolute atomic E-state index is 0.0522. The predicted molar refractivity (Wildman–Crippen MR) is 93.1 cm³/mol. The average Bonchev–Trinajstić information content (AvgIpc) is 2.52. The maximum Gasteiger partial charge on any atom is 0.216 e. The number of fused-ring (bicyclic) bond motifs is 1. The topological polar surface area (TPSA) is 45.2 Å². The Labute approximate surface area is 139 Å². The monoisotopic (exact) mass is 361 g/mol. The second-order valence-corrected chi connectivity index (χ2v) is 6.80. The van der Waals surface area contributed by atoms with Crippen LogP contribution >= 0.6 is 15.9 Å². The highest BCUT2D eigenvalue weighted by atomic mass is 79.9. The van der Waals surface area contributed by atoms with Crippen LogP contribution in [0.1, 0.15) is 19.8 Å². The number of amides is 1. The molecule has 1 aromatic heterocycles. The zero-order chi connectivity index (χ0) is 15.5. The molecule has 3 rings (SSSR count). The summed E-state index contributed by atoms with van der Waals surface area (Å²) in [6.45, 7) is 4.39. The molecule has 1 fully saturated rings. The molecule has 0 saturated carbocycles. The van der Waals surface area contributed by atoms with E-state index in [1.807, 2.05) is 6.20 Å². The van der Waals surface area contributed by atoms with Crippen molar-refractivity contribution in [3.63, 3.8) is 0 Å². The van der Waals surface area contributed by atoms with E-state index in [9.17, 15) is 4.79 Å². The molecule has 4 nitrogen and oxygen atoms in total. The number of carbonyl (C=O) groups excluding carboxylic acids is 1. The van der Waals surface area contributed by atoms with E-state index in [1.54, 1.807) is 6.92 Å². The van der Waals surface area contributed by atoms with Crippen molar-refractivity contribution in [3.8, 4) is 0 Å². The summed E-state index contributed by atoms with van der Waals surface area (Å²) in [5.41, 5.74) is 2.25. The van der Waals surface area contributed by atoms with Crippen LogP contribution in [0.5, 0.6) is 0 Å². The van der Waals surface area contributed by atoms with Gasteiger partial charge in [-0.25, -0.2) is 0 Å². The van der Waals surface area contributed by atoms with Crippen LogP contribution < -0.4 is 10.2 Å². The van der Waals surface area contributed by atoms with Crippen LogP contribution in [0.25, 0.3) is 10.9 Å². The smallest absolute Gasteiger partial charge is 0.216 e. The van der Waals surface area contributed by atoms with Gasteiger partial charge in [0.1, 0.15) is 0 Å². The lowest BCUT2D eigenvalue weighted by Gasteiger charge is -2.35. The average molecular weight is 362 g/mol. The third kappa shape index (κ3) is 3.40. The summed E-state index contributed by atoms with van der Waals surface area (Å²) >= 11 is 3.50. The molecule has 1 amide bonds. The number of pyridine rings is 1. The zero-order valence-corrected chi connectivity index (χ0v) is 14.3. The minimum atomic E-state index is 0.0522. The first kappa shape index (κ1) is 15.3. The first-order chi connectivity index (χ1) is 10.6. The lowest BCUT2D eigenvalue weighted by molar-refractivity contribution is -0.119. The lowest BCUT2D eigenvalue weighted by Crippen LogP contribution is -2.40. The van der Waals surface area contributed by atoms with Gasteiger partial charge in [-0.1, -0.05) is 15.9 Å². The van der Waals surface area contributed by atoms with Crippen LogP contribution in [0.15, 0.2) is 34.9 Å². The van der Waals surface area contributed by atoms with Gasteiger partial charge >= 0.3 is 0 Å². The van der Waals surface area contributed by atoms with Gasteiger partial charge in [-0.05, 0) is 43.0 Å². The highest BCUT2D eigenvalue weighted by Crippen LogP contribution is 2.30. The molecule has 5 heteroatoms. The van der Waals surface area contributed by atoms with Crippen LogP contribution in [0, 0.1) is 5.92 Å². The first-order valence-corrected chi connectivity index (χ1v) is 8.46. The number of nitrogens with zero attached hydrogens (tertiary/aromatic N) is 2. The molecule has 1 saturated heterocycles. The van der Waals surface area contributed by atoms with Gasteiger partial charge in [0, 0.05) is 48.3 Å². The number of benzene rings is 1. The summed E-state index contributed by atoms with van der Waals surface area (Å²) < 4.78 is 1.05. The number of aromatic nitrogens is 1. The molecule has 116 valence electrons. The molecule has 1 aliphatic heterocycles. The number of hydrogen-bond acceptors (Lipinski definition) is 3. The third-order valence-corrected chi connectivity index (χ3v) is 4.67. The molecular weight excluding hydrogens is 342 g/mol. The third-order valence-electron chi connectivity index (χ3n) is 4.18. The number of rotatable bonds is 3. The van der Waals surface area contributed by atoms with Gasteiger partial charge in [0.05, 0.1) is 5.52 Å². The van der Waals surface area contributed by atoms with Crippen molar-refractivity contribution in [1.29, 1.82) is 0 Å². The van der Waals surface area contributed by atoms with Crippen LogP contribution in [0.2, 0.25) is 0 Å². The summed E-state index contributed by atoms with van der Waals surface area (Å²) in [4.78, 5) is 18.0. The molecule has 0 bridgehead atoms. The molecule has 2 aromatic rings. The summed E-state index contributed by atoms with van der Waals surface area (Å²) in [5, 5.41) is 4.13. The van der Waals surface area contributed by atoms with Crippen molar-refractivity contribution in [2.24, 2.45) is 5.92 Å². The van der Waals surface area contributed by atoms with Gasteiger partial charge in [-0.3, -0.25) is 9.78 Å². The Bertz CT molecular complexity index is 689. The Morgan fingerprint density at radius 2 is 2.32 bits per heavy atom. The van der Waals surface area contributed by atoms with E-state index >= 15 is 0 Å². The van der Waals surface area contributed by atoms with Crippen molar-refractivity contribution in [3.05, 3.63) is 34.9 Å². The van der Waals surface area contributed by atoms with E-state index in [4.69, 9.17) is 0 Å². The quantitative estimate of drug-likeness (QED) is 0.911. The predicted octanol–water partition coefficient (Wildman–Crippen LogP) is 3.35. The summed E-state index contributed by atoms with van der Waals surface area (Å²) in [7, 11) is 0. The molecule has 0 aliphatic carbocycles. The van der Waals surface area contributed by atoms with Crippen LogP contribution in [-0.4, -0.2) is 30.5 Å². The Balaban J connectivity index is 1.82. The number of nitrogens with one attached hydrogen (secondary N) is 1. The van der Waals surface area contributed by atoms with E-state index in [1.165, 1.54) is 17.5 Å². The summed E-state index contributed by atoms with van der Waals surface area (Å²) in [6.07, 6.45) is 4.21. The fourth-order valence-corrected chi connectivity index (χ4v) is 3.47. The van der Waals surface area contributed by atoms with Gasteiger partial charge in [0.25, 0.3) is 0 Å². The zero-order valence-electron chi connectivity index (χ0n) is 12.7. The van der Waals surface area contributed by atoms with Gasteiger partial charge in [-0.15, -0.1) is 0 Å². The molecule has 22 heavy (non-hydrogen) atoms. The molecule has 1 aromatic carbocycles. The Hall–Kier alpha value is -1.62. The molecule has 0 radical (unpaired) electrons. The van der Waals surface area contributed by atoms with Crippen molar-refractivity contribution < 1.29 is 4.79 Å². The number of carbonyl (C=O) groups is 1. The molecular formula is C17H20BrN3O. The van der Waals surface area contributed by atoms with Crippen molar-refractivity contribution >= 4 is 38.4 Å². The first-order valence-electron chi connectivity index (χ1n) is 7.67. The minimum Gasteiger partial charge on any atom is -0.371 e. The number of hydrogen-bond donors (Lipinski definition) is 1. The fourth-order valence-electron chi connectivity index (χ4n) is 3.12. The van der Waals surface area contributed by atoms with E-state index in [-0.39, 0.29) is 5.91 Å². The number of halogens is 1. The SMILES string of the molecule is CC(=O)NC[C@H]1CCCN(c2ccnc3cc(Br)ccc23)C1. The van der Waals surface area contributed by atoms with Crippen molar-refractivity contribution in [1.82, 2.24) is 10.3 Å². The molecule has 2 heterocycles. The highest BCUT2D eigenvalue weighted by molar-refractivity contribution is 9.10. The second kappa shape index (κ2) is 6.65. The Morgan fingerprint density at radius 1 is 1.45 bits per heavy atom. The van der Waals surface area contributed by atoms with Crippen molar-refractivity contribution in [2.45, 2.75) is 19.8 Å². The Morgan fingerprint density at radius 3 is 3.14 bits per heavy atom. The van der Waals surface area contributed by atoms with Crippen molar-refractivity contribution in [2.75, 3.05) is 24.5 Å². The molecule has 0 unspecified atom stereocenters.